The Hall–Kier alpha value is -1.22. The van der Waals surface area contributed by atoms with Gasteiger partial charge in [-0.25, -0.2) is 0 Å². The highest BCUT2D eigenvalue weighted by atomic mass is 16.5. The summed E-state index contributed by atoms with van der Waals surface area (Å²) in [5.41, 5.74) is 8.66. The van der Waals surface area contributed by atoms with Gasteiger partial charge in [0.2, 0.25) is 0 Å². The summed E-state index contributed by atoms with van der Waals surface area (Å²) >= 11 is 0. The molecular weight excluding hydrogens is 200 g/mol. The third-order valence-corrected chi connectivity index (χ3v) is 3.91. The summed E-state index contributed by atoms with van der Waals surface area (Å²) in [7, 11) is 2.11. The van der Waals surface area contributed by atoms with Crippen molar-refractivity contribution in [1.82, 2.24) is 0 Å². The molecule has 0 atom stereocenters. The zero-order valence-corrected chi connectivity index (χ0v) is 9.70. The molecule has 1 aromatic carbocycles. The second kappa shape index (κ2) is 3.39. The number of nitrogens with zero attached hydrogens (tertiary/aromatic N) is 1. The summed E-state index contributed by atoms with van der Waals surface area (Å²) in [6, 6.07) is 6.56. The second-order valence-corrected chi connectivity index (χ2v) is 4.94. The average molecular weight is 218 g/mol. The van der Waals surface area contributed by atoms with Gasteiger partial charge in [0.05, 0.1) is 12.2 Å². The molecule has 0 spiro atoms. The molecule has 0 bridgehead atoms. The first-order valence-electron chi connectivity index (χ1n) is 5.94. The number of benzene rings is 1. The lowest BCUT2D eigenvalue weighted by Gasteiger charge is -2.28. The maximum Gasteiger partial charge on any atom is 0.142 e. The van der Waals surface area contributed by atoms with Crippen LogP contribution in [0.1, 0.15) is 18.4 Å². The molecule has 16 heavy (non-hydrogen) atoms. The molecule has 1 aliphatic heterocycles. The third-order valence-electron chi connectivity index (χ3n) is 3.91. The molecule has 0 aromatic heterocycles. The Bertz CT molecular complexity index is 412. The van der Waals surface area contributed by atoms with E-state index in [4.69, 9.17) is 10.5 Å². The minimum absolute atomic E-state index is 0.258. The van der Waals surface area contributed by atoms with Gasteiger partial charge >= 0.3 is 0 Å². The molecule has 3 nitrogen and oxygen atoms in total. The smallest absolute Gasteiger partial charge is 0.142 e. The van der Waals surface area contributed by atoms with Crippen LogP contribution in [0.15, 0.2) is 18.2 Å². The summed E-state index contributed by atoms with van der Waals surface area (Å²) < 4.78 is 5.72. The Morgan fingerprint density at radius 1 is 1.44 bits per heavy atom. The molecule has 0 unspecified atom stereocenters. The fraction of sp³-hybridized carbons (Fsp3) is 0.538. The normalized spacial score (nSPS) is 21.2. The number of nitrogens with two attached hydrogens (primary N) is 1. The Morgan fingerprint density at radius 2 is 2.25 bits per heavy atom. The molecule has 0 saturated heterocycles. The van der Waals surface area contributed by atoms with E-state index in [1.54, 1.807) is 0 Å². The quantitative estimate of drug-likeness (QED) is 0.817. The van der Waals surface area contributed by atoms with E-state index in [1.165, 1.54) is 24.1 Å². The van der Waals surface area contributed by atoms with Crippen molar-refractivity contribution in [2.75, 3.05) is 31.6 Å². The van der Waals surface area contributed by atoms with E-state index in [9.17, 15) is 0 Å². The van der Waals surface area contributed by atoms with E-state index in [2.05, 4.69) is 30.1 Å². The predicted octanol–water partition coefficient (Wildman–Crippen LogP) is 1.51. The van der Waals surface area contributed by atoms with Crippen molar-refractivity contribution in [3.63, 3.8) is 0 Å². The van der Waals surface area contributed by atoms with Crippen molar-refractivity contribution in [3.05, 3.63) is 23.8 Å². The standard InChI is InChI=1S/C13H18N2O/c1-15-6-7-16-12-8-10(2-3-11(12)15)13(9-14)4-5-13/h2-3,8H,4-7,9,14H2,1H3. The minimum atomic E-state index is 0.258. The monoisotopic (exact) mass is 218 g/mol. The van der Waals surface area contributed by atoms with Crippen molar-refractivity contribution in [2.45, 2.75) is 18.3 Å². The van der Waals surface area contributed by atoms with Crippen LogP contribution in [-0.2, 0) is 5.41 Å². The molecule has 1 aliphatic carbocycles. The Kier molecular flexibility index (Phi) is 2.11. The van der Waals surface area contributed by atoms with Gasteiger partial charge in [0.25, 0.3) is 0 Å². The van der Waals surface area contributed by atoms with Crippen LogP contribution in [0, 0.1) is 0 Å². The largest absolute Gasteiger partial charge is 0.490 e. The average Bonchev–Trinajstić information content (AvgIpc) is 3.10. The molecular formula is C13H18N2O. The molecule has 3 heteroatoms. The lowest BCUT2D eigenvalue weighted by Crippen LogP contribution is -2.29. The van der Waals surface area contributed by atoms with Crippen LogP contribution >= 0.6 is 0 Å². The van der Waals surface area contributed by atoms with Gasteiger partial charge in [0, 0.05) is 19.0 Å². The number of hydrogen-bond donors (Lipinski definition) is 1. The van der Waals surface area contributed by atoms with E-state index in [0.29, 0.717) is 0 Å². The van der Waals surface area contributed by atoms with Gasteiger partial charge in [-0.15, -0.1) is 0 Å². The maximum absolute atomic E-state index is 5.85. The number of anilines is 1. The van der Waals surface area contributed by atoms with E-state index in [0.717, 1.165) is 25.4 Å². The number of ether oxygens (including phenoxy) is 1. The zero-order valence-electron chi connectivity index (χ0n) is 9.70. The van der Waals surface area contributed by atoms with Crippen LogP contribution in [0.4, 0.5) is 5.69 Å². The van der Waals surface area contributed by atoms with Gasteiger partial charge in [0.1, 0.15) is 12.4 Å². The van der Waals surface area contributed by atoms with Crippen LogP contribution in [0.5, 0.6) is 5.75 Å². The summed E-state index contributed by atoms with van der Waals surface area (Å²) in [6.45, 7) is 2.50. The Balaban J connectivity index is 1.99. The van der Waals surface area contributed by atoms with Gasteiger partial charge in [0.15, 0.2) is 0 Å². The number of hydrogen-bond acceptors (Lipinski definition) is 3. The number of fused-ring (bicyclic) bond motifs is 1. The molecule has 3 rings (SSSR count). The highest BCUT2D eigenvalue weighted by Crippen LogP contribution is 2.49. The minimum Gasteiger partial charge on any atom is -0.490 e. The molecule has 1 aromatic rings. The molecule has 2 N–H and O–H groups in total. The Labute approximate surface area is 96.2 Å². The van der Waals surface area contributed by atoms with E-state index < -0.39 is 0 Å². The number of rotatable bonds is 2. The topological polar surface area (TPSA) is 38.5 Å². The first-order chi connectivity index (χ1) is 7.75. The second-order valence-electron chi connectivity index (χ2n) is 4.94. The van der Waals surface area contributed by atoms with Gasteiger partial charge < -0.3 is 15.4 Å². The van der Waals surface area contributed by atoms with Crippen LogP contribution in [-0.4, -0.2) is 26.7 Å². The van der Waals surface area contributed by atoms with Crippen molar-refractivity contribution in [2.24, 2.45) is 5.73 Å². The summed E-state index contributed by atoms with van der Waals surface area (Å²) in [6.07, 6.45) is 2.44. The van der Waals surface area contributed by atoms with Crippen molar-refractivity contribution >= 4 is 5.69 Å². The Morgan fingerprint density at radius 3 is 2.94 bits per heavy atom. The van der Waals surface area contributed by atoms with Crippen molar-refractivity contribution < 1.29 is 4.74 Å². The third kappa shape index (κ3) is 1.39. The molecule has 86 valence electrons. The van der Waals surface area contributed by atoms with E-state index in [-0.39, 0.29) is 5.41 Å². The summed E-state index contributed by atoms with van der Waals surface area (Å²) in [4.78, 5) is 2.24. The van der Waals surface area contributed by atoms with Crippen LogP contribution < -0.4 is 15.4 Å². The van der Waals surface area contributed by atoms with Gasteiger partial charge in [-0.05, 0) is 30.5 Å². The highest BCUT2D eigenvalue weighted by molar-refractivity contribution is 5.61. The van der Waals surface area contributed by atoms with Crippen molar-refractivity contribution in [1.29, 1.82) is 0 Å². The fourth-order valence-corrected chi connectivity index (χ4v) is 2.45. The predicted molar refractivity (Wildman–Crippen MR) is 65.2 cm³/mol. The molecule has 2 aliphatic rings. The number of likely N-dealkylation sites (N-methyl/N-ethyl adjacent to an activating group) is 1. The lowest BCUT2D eigenvalue weighted by atomic mass is 9.95. The van der Waals surface area contributed by atoms with Gasteiger partial charge in [-0.1, -0.05) is 6.07 Å². The molecule has 1 fully saturated rings. The van der Waals surface area contributed by atoms with Crippen LogP contribution in [0.25, 0.3) is 0 Å². The van der Waals surface area contributed by atoms with E-state index >= 15 is 0 Å². The molecule has 1 heterocycles. The molecule has 0 amide bonds. The summed E-state index contributed by atoms with van der Waals surface area (Å²) in [5, 5.41) is 0. The van der Waals surface area contributed by atoms with E-state index in [1.807, 2.05) is 0 Å². The van der Waals surface area contributed by atoms with Crippen LogP contribution in [0.2, 0.25) is 0 Å². The SMILES string of the molecule is CN1CCOc2cc(C3(CN)CC3)ccc21. The van der Waals surface area contributed by atoms with Crippen molar-refractivity contribution in [3.8, 4) is 5.75 Å². The highest BCUT2D eigenvalue weighted by Gasteiger charge is 2.43. The maximum atomic E-state index is 5.85. The first kappa shape index (κ1) is 9.97. The van der Waals surface area contributed by atoms with Gasteiger partial charge in [-0.3, -0.25) is 0 Å². The fourth-order valence-electron chi connectivity index (χ4n) is 2.45. The summed E-state index contributed by atoms with van der Waals surface area (Å²) in [5.74, 6) is 1.02. The lowest BCUT2D eigenvalue weighted by molar-refractivity contribution is 0.310. The first-order valence-corrected chi connectivity index (χ1v) is 5.94. The van der Waals surface area contributed by atoms with Gasteiger partial charge in [-0.2, -0.15) is 0 Å². The molecule has 1 saturated carbocycles. The molecule has 0 radical (unpaired) electrons. The van der Waals surface area contributed by atoms with Crippen LogP contribution in [0.3, 0.4) is 0 Å². The zero-order chi connectivity index (χ0) is 11.2.